The second-order valence-corrected chi connectivity index (χ2v) is 4.08. The van der Waals surface area contributed by atoms with Crippen molar-refractivity contribution >= 4 is 0 Å². The molecule has 2 atom stereocenters. The third-order valence-electron chi connectivity index (χ3n) is 2.96. The zero-order valence-electron chi connectivity index (χ0n) is 9.20. The number of nitrogens with zero attached hydrogens (tertiary/aromatic N) is 1. The Morgan fingerprint density at radius 1 is 1.67 bits per heavy atom. The Kier molecular flexibility index (Phi) is 3.75. The predicted octanol–water partition coefficient (Wildman–Crippen LogP) is 1.46. The number of nitrogens with one attached hydrogen (secondary N) is 2. The van der Waals surface area contributed by atoms with Crippen LogP contribution in [0.2, 0.25) is 0 Å². The van der Waals surface area contributed by atoms with Crippen LogP contribution in [0.1, 0.15) is 31.9 Å². The first-order chi connectivity index (χ1) is 7.38. The molecule has 1 aliphatic heterocycles. The summed E-state index contributed by atoms with van der Waals surface area (Å²) in [5.41, 5.74) is 1.15. The maximum atomic E-state index is 5.63. The van der Waals surface area contributed by atoms with Gasteiger partial charge in [-0.25, -0.2) is 4.98 Å². The molecule has 0 aromatic carbocycles. The minimum absolute atomic E-state index is 0.443. The van der Waals surface area contributed by atoms with Crippen molar-refractivity contribution in [1.29, 1.82) is 0 Å². The number of ether oxygens (including phenoxy) is 1. The van der Waals surface area contributed by atoms with Crippen LogP contribution in [0.15, 0.2) is 12.5 Å². The minimum Gasteiger partial charge on any atom is -0.378 e. The van der Waals surface area contributed by atoms with E-state index in [1.165, 1.54) is 0 Å². The molecule has 0 aliphatic carbocycles. The van der Waals surface area contributed by atoms with Crippen LogP contribution >= 0.6 is 0 Å². The summed E-state index contributed by atoms with van der Waals surface area (Å²) in [7, 11) is 0. The normalized spacial score (nSPS) is 26.7. The third kappa shape index (κ3) is 3.04. The van der Waals surface area contributed by atoms with Gasteiger partial charge in [-0.3, -0.25) is 0 Å². The Labute approximate surface area is 90.4 Å². The molecule has 1 fully saturated rings. The molecule has 2 N–H and O–H groups in total. The summed E-state index contributed by atoms with van der Waals surface area (Å²) in [4.78, 5) is 7.09. The molecule has 0 amide bonds. The van der Waals surface area contributed by atoms with Crippen molar-refractivity contribution in [2.75, 3.05) is 6.61 Å². The summed E-state index contributed by atoms with van der Waals surface area (Å²) in [5.74, 6) is 0. The van der Waals surface area contributed by atoms with Crippen molar-refractivity contribution in [3.05, 3.63) is 18.2 Å². The molecule has 1 aliphatic rings. The van der Waals surface area contributed by atoms with Crippen LogP contribution in [-0.4, -0.2) is 28.7 Å². The van der Waals surface area contributed by atoms with Gasteiger partial charge in [-0.15, -0.1) is 0 Å². The maximum absolute atomic E-state index is 5.63. The van der Waals surface area contributed by atoms with Crippen LogP contribution in [0, 0.1) is 0 Å². The van der Waals surface area contributed by atoms with Gasteiger partial charge in [0.1, 0.15) is 0 Å². The quantitative estimate of drug-likeness (QED) is 0.789. The molecule has 0 spiro atoms. The van der Waals surface area contributed by atoms with Gasteiger partial charge in [0, 0.05) is 31.1 Å². The molecule has 84 valence electrons. The fraction of sp³-hybridized carbons (Fsp3) is 0.727. The molecule has 15 heavy (non-hydrogen) atoms. The summed E-state index contributed by atoms with van der Waals surface area (Å²) >= 11 is 0. The summed E-state index contributed by atoms with van der Waals surface area (Å²) in [6.07, 6.45) is 7.38. The van der Waals surface area contributed by atoms with E-state index in [9.17, 15) is 0 Å². The van der Waals surface area contributed by atoms with Crippen LogP contribution in [0.25, 0.3) is 0 Å². The fourth-order valence-corrected chi connectivity index (χ4v) is 1.99. The lowest BCUT2D eigenvalue weighted by atomic mass is 10.0. The Balaban J connectivity index is 1.74. The SMILES string of the molecule is CCC1CC(NCc2cnc[nH]2)CCO1. The van der Waals surface area contributed by atoms with E-state index in [0.717, 1.165) is 38.1 Å². The zero-order chi connectivity index (χ0) is 10.5. The Bertz CT molecular complexity index is 273. The number of hydrogen-bond acceptors (Lipinski definition) is 3. The van der Waals surface area contributed by atoms with E-state index in [0.29, 0.717) is 12.1 Å². The Hall–Kier alpha value is -0.870. The maximum Gasteiger partial charge on any atom is 0.0922 e. The van der Waals surface area contributed by atoms with Crippen molar-refractivity contribution in [2.24, 2.45) is 0 Å². The first-order valence-electron chi connectivity index (χ1n) is 5.70. The predicted molar refractivity (Wildman–Crippen MR) is 58.5 cm³/mol. The molecule has 0 bridgehead atoms. The molecular formula is C11H19N3O. The molecular weight excluding hydrogens is 190 g/mol. The van der Waals surface area contributed by atoms with Gasteiger partial charge < -0.3 is 15.0 Å². The zero-order valence-corrected chi connectivity index (χ0v) is 9.20. The minimum atomic E-state index is 0.443. The highest BCUT2D eigenvalue weighted by Gasteiger charge is 2.20. The number of H-pyrrole nitrogens is 1. The Morgan fingerprint density at radius 2 is 2.60 bits per heavy atom. The van der Waals surface area contributed by atoms with E-state index in [-0.39, 0.29) is 0 Å². The van der Waals surface area contributed by atoms with Crippen molar-refractivity contribution in [2.45, 2.75) is 44.9 Å². The molecule has 0 saturated carbocycles. The van der Waals surface area contributed by atoms with E-state index < -0.39 is 0 Å². The molecule has 2 unspecified atom stereocenters. The third-order valence-corrected chi connectivity index (χ3v) is 2.96. The van der Waals surface area contributed by atoms with Crippen LogP contribution < -0.4 is 5.32 Å². The standard InChI is InChI=1S/C11H19N3O/c1-2-11-5-9(3-4-15-11)13-7-10-6-12-8-14-10/h6,8-9,11,13H,2-5,7H2,1H3,(H,12,14). The van der Waals surface area contributed by atoms with Crippen molar-refractivity contribution in [3.63, 3.8) is 0 Å². The second kappa shape index (κ2) is 5.28. The summed E-state index contributed by atoms with van der Waals surface area (Å²) in [6.45, 7) is 3.95. The Morgan fingerprint density at radius 3 is 3.33 bits per heavy atom. The van der Waals surface area contributed by atoms with Crippen LogP contribution in [0.3, 0.4) is 0 Å². The molecule has 0 radical (unpaired) electrons. The van der Waals surface area contributed by atoms with Gasteiger partial charge in [0.15, 0.2) is 0 Å². The van der Waals surface area contributed by atoms with E-state index in [2.05, 4.69) is 22.2 Å². The largest absolute Gasteiger partial charge is 0.378 e. The average molecular weight is 209 g/mol. The lowest BCUT2D eigenvalue weighted by molar-refractivity contribution is -0.000364. The average Bonchev–Trinajstić information content (AvgIpc) is 2.79. The molecule has 2 heterocycles. The molecule has 1 aromatic heterocycles. The fourth-order valence-electron chi connectivity index (χ4n) is 1.99. The summed E-state index contributed by atoms with van der Waals surface area (Å²) < 4.78 is 5.63. The van der Waals surface area contributed by atoms with Crippen LogP contribution in [0.4, 0.5) is 0 Å². The molecule has 4 heteroatoms. The van der Waals surface area contributed by atoms with E-state index >= 15 is 0 Å². The van der Waals surface area contributed by atoms with Crippen LogP contribution in [-0.2, 0) is 11.3 Å². The van der Waals surface area contributed by atoms with Crippen LogP contribution in [0.5, 0.6) is 0 Å². The van der Waals surface area contributed by atoms with E-state index in [1.807, 2.05) is 6.20 Å². The molecule has 2 rings (SSSR count). The van der Waals surface area contributed by atoms with Gasteiger partial charge in [0.2, 0.25) is 0 Å². The summed E-state index contributed by atoms with van der Waals surface area (Å²) in [6, 6.07) is 0.590. The van der Waals surface area contributed by atoms with Gasteiger partial charge in [0.05, 0.1) is 12.4 Å². The van der Waals surface area contributed by atoms with Gasteiger partial charge in [-0.1, -0.05) is 6.92 Å². The summed E-state index contributed by atoms with van der Waals surface area (Å²) in [5, 5.41) is 3.54. The first kappa shape index (κ1) is 10.6. The highest BCUT2D eigenvalue weighted by molar-refractivity contribution is 4.94. The van der Waals surface area contributed by atoms with Gasteiger partial charge in [-0.05, 0) is 19.3 Å². The molecule has 1 aromatic rings. The van der Waals surface area contributed by atoms with Gasteiger partial charge in [-0.2, -0.15) is 0 Å². The topological polar surface area (TPSA) is 49.9 Å². The highest BCUT2D eigenvalue weighted by Crippen LogP contribution is 2.16. The smallest absolute Gasteiger partial charge is 0.0922 e. The lowest BCUT2D eigenvalue weighted by Gasteiger charge is -2.29. The second-order valence-electron chi connectivity index (χ2n) is 4.08. The highest BCUT2D eigenvalue weighted by atomic mass is 16.5. The number of imidazole rings is 1. The first-order valence-corrected chi connectivity index (χ1v) is 5.70. The van der Waals surface area contributed by atoms with Crippen molar-refractivity contribution < 1.29 is 4.74 Å². The van der Waals surface area contributed by atoms with E-state index in [4.69, 9.17) is 4.74 Å². The number of aromatic amines is 1. The van der Waals surface area contributed by atoms with Crippen molar-refractivity contribution in [3.8, 4) is 0 Å². The molecule has 4 nitrogen and oxygen atoms in total. The monoisotopic (exact) mass is 209 g/mol. The van der Waals surface area contributed by atoms with E-state index in [1.54, 1.807) is 6.33 Å². The van der Waals surface area contributed by atoms with Gasteiger partial charge in [0.25, 0.3) is 0 Å². The van der Waals surface area contributed by atoms with Gasteiger partial charge >= 0.3 is 0 Å². The molecule has 1 saturated heterocycles. The number of hydrogen-bond donors (Lipinski definition) is 2. The van der Waals surface area contributed by atoms with Crippen molar-refractivity contribution in [1.82, 2.24) is 15.3 Å². The number of aromatic nitrogens is 2. The number of rotatable bonds is 4. The lowest BCUT2D eigenvalue weighted by Crippen LogP contribution is -2.38.